The summed E-state index contributed by atoms with van der Waals surface area (Å²) in [6.45, 7) is 3.95. The molecule has 6 nitrogen and oxygen atoms in total. The van der Waals surface area contributed by atoms with Gasteiger partial charge in [0, 0.05) is 13.7 Å². The minimum atomic E-state index is -1.09. The zero-order chi connectivity index (χ0) is 15.3. The highest BCUT2D eigenvalue weighted by Crippen LogP contribution is 2.23. The van der Waals surface area contributed by atoms with Crippen molar-refractivity contribution in [3.05, 3.63) is 28.8 Å². The molecule has 0 heterocycles. The number of amides is 2. The molecule has 0 aromatic heterocycles. The topological polar surface area (TPSA) is 87.7 Å². The Kier molecular flexibility index (Phi) is 5.35. The first-order chi connectivity index (χ1) is 9.25. The van der Waals surface area contributed by atoms with Crippen LogP contribution in [0.1, 0.15) is 24.2 Å². The predicted octanol–water partition coefficient (Wildman–Crippen LogP) is 2.58. The van der Waals surface area contributed by atoms with E-state index >= 15 is 0 Å². The largest absolute Gasteiger partial charge is 0.478 e. The first-order valence-electron chi connectivity index (χ1n) is 5.88. The Labute approximate surface area is 122 Å². The lowest BCUT2D eigenvalue weighted by molar-refractivity contribution is 0.0257. The highest BCUT2D eigenvalue weighted by molar-refractivity contribution is 6.33. The van der Waals surface area contributed by atoms with Crippen LogP contribution in [-0.2, 0) is 4.74 Å². The number of carboxylic acid groups (broad SMARTS) is 1. The number of carbonyl (C=O) groups excluding carboxylic acids is 1. The van der Waals surface area contributed by atoms with Gasteiger partial charge in [-0.25, -0.2) is 9.59 Å². The summed E-state index contributed by atoms with van der Waals surface area (Å²) in [7, 11) is 1.55. The highest BCUT2D eigenvalue weighted by atomic mass is 35.5. The van der Waals surface area contributed by atoms with Gasteiger partial charge in [-0.1, -0.05) is 11.6 Å². The van der Waals surface area contributed by atoms with Crippen LogP contribution in [0, 0.1) is 0 Å². The standard InChI is InChI=1S/C13H17ClN2O4/c1-13(2,20-3)7-15-12(19)16-10-6-8(11(17)18)4-5-9(10)14/h4-6H,7H2,1-3H3,(H,17,18)(H2,15,16,19). The van der Waals surface area contributed by atoms with Crippen LogP contribution in [0.4, 0.5) is 10.5 Å². The molecule has 2 amide bonds. The van der Waals surface area contributed by atoms with Gasteiger partial charge in [0.25, 0.3) is 0 Å². The molecule has 0 unspecified atom stereocenters. The average Bonchev–Trinajstić information content (AvgIpc) is 2.39. The third kappa shape index (κ3) is 4.71. The maximum absolute atomic E-state index is 11.7. The molecule has 0 bridgehead atoms. The number of rotatable bonds is 5. The monoisotopic (exact) mass is 300 g/mol. The van der Waals surface area contributed by atoms with Gasteiger partial charge in [0.1, 0.15) is 0 Å². The van der Waals surface area contributed by atoms with Crippen LogP contribution >= 0.6 is 11.6 Å². The minimum absolute atomic E-state index is 0.0434. The summed E-state index contributed by atoms with van der Waals surface area (Å²) in [5.41, 5.74) is -0.217. The molecule has 1 aromatic rings. The van der Waals surface area contributed by atoms with Crippen molar-refractivity contribution in [3.63, 3.8) is 0 Å². The van der Waals surface area contributed by atoms with E-state index in [2.05, 4.69) is 10.6 Å². The maximum Gasteiger partial charge on any atom is 0.335 e. The fraction of sp³-hybridized carbons (Fsp3) is 0.385. The summed E-state index contributed by atoms with van der Waals surface area (Å²) in [5.74, 6) is -1.09. The molecule has 3 N–H and O–H groups in total. The Balaban J connectivity index is 2.71. The van der Waals surface area contributed by atoms with Gasteiger partial charge in [0.15, 0.2) is 0 Å². The molecule has 0 aliphatic heterocycles. The number of ether oxygens (including phenoxy) is 1. The lowest BCUT2D eigenvalue weighted by Gasteiger charge is -2.23. The molecule has 1 rings (SSSR count). The number of hydrogen-bond acceptors (Lipinski definition) is 3. The van der Waals surface area contributed by atoms with Crippen molar-refractivity contribution in [1.29, 1.82) is 0 Å². The second kappa shape index (κ2) is 6.58. The minimum Gasteiger partial charge on any atom is -0.478 e. The molecule has 0 spiro atoms. The van der Waals surface area contributed by atoms with E-state index in [4.69, 9.17) is 21.4 Å². The first kappa shape index (κ1) is 16.3. The zero-order valence-corrected chi connectivity index (χ0v) is 12.2. The number of anilines is 1. The van der Waals surface area contributed by atoms with Crippen molar-refractivity contribution in [1.82, 2.24) is 5.32 Å². The highest BCUT2D eigenvalue weighted by Gasteiger charge is 2.17. The smallest absolute Gasteiger partial charge is 0.335 e. The van der Waals surface area contributed by atoms with Crippen LogP contribution in [0.15, 0.2) is 18.2 Å². The van der Waals surface area contributed by atoms with Crippen LogP contribution in [-0.4, -0.2) is 36.4 Å². The molecule has 0 fully saturated rings. The molecule has 0 saturated heterocycles. The molecule has 0 saturated carbocycles. The third-order valence-corrected chi connectivity index (χ3v) is 3.02. The molecule has 1 aromatic carbocycles. The molecular formula is C13H17ClN2O4. The van der Waals surface area contributed by atoms with Gasteiger partial charge in [-0.2, -0.15) is 0 Å². The fourth-order valence-electron chi connectivity index (χ4n) is 1.29. The van der Waals surface area contributed by atoms with E-state index in [1.807, 2.05) is 13.8 Å². The Bertz CT molecular complexity index is 517. The average molecular weight is 301 g/mol. The summed E-state index contributed by atoms with van der Waals surface area (Å²) in [5, 5.41) is 14.3. The van der Waals surface area contributed by atoms with Crippen molar-refractivity contribution in [3.8, 4) is 0 Å². The lowest BCUT2D eigenvalue weighted by Crippen LogP contribution is -2.41. The fourth-order valence-corrected chi connectivity index (χ4v) is 1.45. The second-order valence-electron chi connectivity index (χ2n) is 4.77. The van der Waals surface area contributed by atoms with Gasteiger partial charge in [-0.15, -0.1) is 0 Å². The molecule has 0 aliphatic carbocycles. The van der Waals surface area contributed by atoms with Crippen LogP contribution in [0.3, 0.4) is 0 Å². The number of halogens is 1. The van der Waals surface area contributed by atoms with E-state index in [0.29, 0.717) is 6.54 Å². The predicted molar refractivity (Wildman–Crippen MR) is 76.5 cm³/mol. The molecule has 20 heavy (non-hydrogen) atoms. The zero-order valence-electron chi connectivity index (χ0n) is 11.5. The van der Waals surface area contributed by atoms with Crippen molar-refractivity contribution in [2.45, 2.75) is 19.4 Å². The SMILES string of the molecule is COC(C)(C)CNC(=O)Nc1cc(C(=O)O)ccc1Cl. The Hall–Kier alpha value is -1.79. The number of urea groups is 1. The summed E-state index contributed by atoms with van der Waals surface area (Å²) in [6.07, 6.45) is 0. The van der Waals surface area contributed by atoms with E-state index in [9.17, 15) is 9.59 Å². The van der Waals surface area contributed by atoms with Crippen LogP contribution in [0.5, 0.6) is 0 Å². The maximum atomic E-state index is 11.7. The number of hydrogen-bond donors (Lipinski definition) is 3. The van der Waals surface area contributed by atoms with Crippen molar-refractivity contribution in [2.24, 2.45) is 0 Å². The number of nitrogens with one attached hydrogen (secondary N) is 2. The van der Waals surface area contributed by atoms with E-state index in [1.54, 1.807) is 7.11 Å². The van der Waals surface area contributed by atoms with E-state index in [1.165, 1.54) is 18.2 Å². The Morgan fingerprint density at radius 2 is 2.05 bits per heavy atom. The Morgan fingerprint density at radius 3 is 2.60 bits per heavy atom. The molecule has 0 radical (unpaired) electrons. The molecular weight excluding hydrogens is 284 g/mol. The summed E-state index contributed by atoms with van der Waals surface area (Å²) in [4.78, 5) is 22.6. The van der Waals surface area contributed by atoms with Gasteiger partial charge in [-0.05, 0) is 32.0 Å². The molecule has 0 atom stereocenters. The quantitative estimate of drug-likeness (QED) is 0.780. The first-order valence-corrected chi connectivity index (χ1v) is 6.26. The van der Waals surface area contributed by atoms with Gasteiger partial charge in [0.05, 0.1) is 21.9 Å². The van der Waals surface area contributed by atoms with E-state index in [-0.39, 0.29) is 16.3 Å². The van der Waals surface area contributed by atoms with Crippen LogP contribution in [0.25, 0.3) is 0 Å². The lowest BCUT2D eigenvalue weighted by atomic mass is 10.1. The van der Waals surface area contributed by atoms with Gasteiger partial charge >= 0.3 is 12.0 Å². The summed E-state index contributed by atoms with van der Waals surface area (Å²) in [6, 6.07) is 3.59. The summed E-state index contributed by atoms with van der Waals surface area (Å²) < 4.78 is 5.17. The van der Waals surface area contributed by atoms with E-state index in [0.717, 1.165) is 0 Å². The van der Waals surface area contributed by atoms with Crippen molar-refractivity contribution >= 4 is 29.3 Å². The number of carboxylic acids is 1. The van der Waals surface area contributed by atoms with Gasteiger partial charge in [0.2, 0.25) is 0 Å². The van der Waals surface area contributed by atoms with E-state index < -0.39 is 17.6 Å². The second-order valence-corrected chi connectivity index (χ2v) is 5.18. The number of benzene rings is 1. The van der Waals surface area contributed by atoms with Crippen molar-refractivity contribution < 1.29 is 19.4 Å². The molecule has 110 valence electrons. The van der Waals surface area contributed by atoms with Crippen molar-refractivity contribution in [2.75, 3.05) is 19.0 Å². The van der Waals surface area contributed by atoms with Crippen LogP contribution < -0.4 is 10.6 Å². The number of carbonyl (C=O) groups is 2. The third-order valence-electron chi connectivity index (χ3n) is 2.69. The van der Waals surface area contributed by atoms with Gasteiger partial charge in [-0.3, -0.25) is 0 Å². The van der Waals surface area contributed by atoms with Gasteiger partial charge < -0.3 is 20.5 Å². The number of methoxy groups -OCH3 is 1. The molecule has 0 aliphatic rings. The normalized spacial score (nSPS) is 11.0. The summed E-state index contributed by atoms with van der Waals surface area (Å²) >= 11 is 5.90. The van der Waals surface area contributed by atoms with Crippen LogP contribution in [0.2, 0.25) is 5.02 Å². The molecule has 7 heteroatoms. The number of aromatic carboxylic acids is 1. The Morgan fingerprint density at radius 1 is 1.40 bits per heavy atom.